The van der Waals surface area contributed by atoms with Gasteiger partial charge < -0.3 is 5.11 Å². The molecule has 0 aromatic carbocycles. The van der Waals surface area contributed by atoms with Gasteiger partial charge in [-0.25, -0.2) is 13.6 Å². The summed E-state index contributed by atoms with van der Waals surface area (Å²) in [5.41, 5.74) is -0.764. The molecule has 0 radical (unpaired) electrons. The van der Waals surface area contributed by atoms with E-state index in [4.69, 9.17) is 5.11 Å². The summed E-state index contributed by atoms with van der Waals surface area (Å²) in [5.74, 6) is -1.31. The van der Waals surface area contributed by atoms with Crippen molar-refractivity contribution >= 4 is 5.97 Å². The molecule has 0 fully saturated rings. The average Bonchev–Trinajstić information content (AvgIpc) is 2.51. The van der Waals surface area contributed by atoms with E-state index in [2.05, 4.69) is 5.10 Å². The maximum Gasteiger partial charge on any atom is 0.356 e. The van der Waals surface area contributed by atoms with E-state index < -0.39 is 18.1 Å². The number of carboxylic acids is 1. The Morgan fingerprint density at radius 2 is 2.07 bits per heavy atom. The molecule has 0 spiro atoms. The zero-order chi connectivity index (χ0) is 11.3. The second kappa shape index (κ2) is 5.31. The number of hydrogen-bond acceptors (Lipinski definition) is 2. The lowest BCUT2D eigenvalue weighted by atomic mass is 10.3. The summed E-state index contributed by atoms with van der Waals surface area (Å²) in [5, 5.41) is 11.8. The molecule has 0 atom stereocenters. The van der Waals surface area contributed by atoms with Gasteiger partial charge in [-0.3, -0.25) is 4.68 Å². The van der Waals surface area contributed by atoms with Gasteiger partial charge in [0.25, 0.3) is 6.43 Å². The molecule has 14 heavy (non-hydrogen) atoms. The molecule has 0 bridgehead atoms. The van der Waals surface area contributed by atoms with Crippen molar-refractivity contribution in [1.82, 2.24) is 9.78 Å². The van der Waals surface area contributed by atoms with Crippen molar-refractivity contribution in [2.75, 3.05) is 0 Å². The molecule has 1 rings (SSSR count). The van der Waals surface area contributed by atoms with Crippen molar-refractivity contribution in [3.8, 4) is 0 Å². The van der Waals surface area contributed by atoms with Crippen LogP contribution in [0.1, 0.15) is 36.5 Å². The number of nitrogens with zero attached hydrogens (tertiary/aromatic N) is 2. The molecule has 1 aromatic heterocycles. The molecule has 0 saturated heterocycles. The Labute approximate surface area is 80.2 Å². The van der Waals surface area contributed by atoms with E-state index in [0.29, 0.717) is 0 Å². The lowest BCUT2D eigenvalue weighted by molar-refractivity contribution is 0.0689. The van der Waals surface area contributed by atoms with Crippen molar-refractivity contribution in [3.63, 3.8) is 0 Å². The Morgan fingerprint density at radius 1 is 1.57 bits per heavy atom. The SMILES string of the molecule is CC.Cn1nc(C(=O)O)cc1C(F)F. The molecule has 80 valence electrons. The molecule has 0 aliphatic heterocycles. The number of aromatic carboxylic acids is 1. The molecule has 1 heterocycles. The fourth-order valence-electron chi connectivity index (χ4n) is 0.790. The van der Waals surface area contributed by atoms with E-state index >= 15 is 0 Å². The smallest absolute Gasteiger partial charge is 0.356 e. The largest absolute Gasteiger partial charge is 0.476 e. The van der Waals surface area contributed by atoms with Gasteiger partial charge in [0, 0.05) is 7.05 Å². The second-order valence-corrected chi connectivity index (χ2v) is 2.18. The Hall–Kier alpha value is -1.46. The maximum atomic E-state index is 12.1. The maximum absolute atomic E-state index is 12.1. The summed E-state index contributed by atoms with van der Waals surface area (Å²) >= 11 is 0. The zero-order valence-electron chi connectivity index (χ0n) is 8.16. The summed E-state index contributed by atoms with van der Waals surface area (Å²) in [6.45, 7) is 4.00. The van der Waals surface area contributed by atoms with Crippen molar-refractivity contribution in [3.05, 3.63) is 17.5 Å². The third-order valence-electron chi connectivity index (χ3n) is 1.36. The van der Waals surface area contributed by atoms with Gasteiger partial charge in [-0.15, -0.1) is 0 Å². The van der Waals surface area contributed by atoms with E-state index in [1.165, 1.54) is 7.05 Å². The molecule has 0 amide bonds. The highest BCUT2D eigenvalue weighted by atomic mass is 19.3. The first-order chi connectivity index (χ1) is 6.52. The van der Waals surface area contributed by atoms with Crippen LogP contribution in [0.3, 0.4) is 0 Å². The summed E-state index contributed by atoms with van der Waals surface area (Å²) < 4.78 is 25.0. The van der Waals surface area contributed by atoms with Gasteiger partial charge in [-0.2, -0.15) is 5.10 Å². The third-order valence-corrected chi connectivity index (χ3v) is 1.36. The number of carboxylic acid groups (broad SMARTS) is 1. The minimum absolute atomic E-state index is 0.368. The number of rotatable bonds is 2. The van der Waals surface area contributed by atoms with Crippen LogP contribution in [0.2, 0.25) is 0 Å². The highest BCUT2D eigenvalue weighted by Crippen LogP contribution is 2.18. The van der Waals surface area contributed by atoms with Crippen LogP contribution in [-0.2, 0) is 7.05 Å². The normalized spacial score (nSPS) is 9.57. The first-order valence-corrected chi connectivity index (χ1v) is 4.07. The van der Waals surface area contributed by atoms with Crippen LogP contribution in [0.5, 0.6) is 0 Å². The first-order valence-electron chi connectivity index (χ1n) is 4.07. The topological polar surface area (TPSA) is 55.1 Å². The summed E-state index contributed by atoms with van der Waals surface area (Å²) in [7, 11) is 1.27. The molecule has 6 heteroatoms. The molecule has 1 N–H and O–H groups in total. The molecule has 1 aromatic rings. The summed E-state index contributed by atoms with van der Waals surface area (Å²) in [6, 6.07) is 0.854. The Bertz CT molecular complexity index is 310. The van der Waals surface area contributed by atoms with Crippen molar-refractivity contribution in [1.29, 1.82) is 0 Å². The fourth-order valence-corrected chi connectivity index (χ4v) is 0.790. The predicted molar refractivity (Wildman–Crippen MR) is 46.5 cm³/mol. The predicted octanol–water partition coefficient (Wildman–Crippen LogP) is 2.08. The zero-order valence-corrected chi connectivity index (χ0v) is 8.16. The van der Waals surface area contributed by atoms with E-state index in [1.54, 1.807) is 0 Å². The van der Waals surface area contributed by atoms with Gasteiger partial charge >= 0.3 is 5.97 Å². The van der Waals surface area contributed by atoms with E-state index in [0.717, 1.165) is 10.7 Å². The molecule has 0 aliphatic carbocycles. The lowest BCUT2D eigenvalue weighted by Gasteiger charge is -1.96. The Balaban J connectivity index is 0.000000791. The van der Waals surface area contributed by atoms with Crippen LogP contribution in [0.25, 0.3) is 0 Å². The Kier molecular flexibility index (Phi) is 4.76. The number of carbonyl (C=O) groups is 1. The van der Waals surface area contributed by atoms with E-state index in [1.807, 2.05) is 13.8 Å². The van der Waals surface area contributed by atoms with Crippen LogP contribution in [0, 0.1) is 0 Å². The van der Waals surface area contributed by atoms with E-state index in [9.17, 15) is 13.6 Å². The van der Waals surface area contributed by atoms with Crippen LogP contribution >= 0.6 is 0 Å². The van der Waals surface area contributed by atoms with Gasteiger partial charge in [-0.1, -0.05) is 13.8 Å². The molecular formula is C8H12F2N2O2. The van der Waals surface area contributed by atoms with Crippen molar-refractivity contribution in [2.45, 2.75) is 20.3 Å². The van der Waals surface area contributed by atoms with Crippen molar-refractivity contribution < 1.29 is 18.7 Å². The second-order valence-electron chi connectivity index (χ2n) is 2.18. The lowest BCUT2D eigenvalue weighted by Crippen LogP contribution is -2.00. The number of aromatic nitrogens is 2. The Morgan fingerprint density at radius 3 is 2.29 bits per heavy atom. The van der Waals surface area contributed by atoms with Gasteiger partial charge in [-0.05, 0) is 6.07 Å². The minimum Gasteiger partial charge on any atom is -0.476 e. The molecule has 0 aliphatic rings. The van der Waals surface area contributed by atoms with Gasteiger partial charge in [0.15, 0.2) is 5.69 Å². The average molecular weight is 206 g/mol. The summed E-state index contributed by atoms with van der Waals surface area (Å²) in [6.07, 6.45) is -2.70. The van der Waals surface area contributed by atoms with Gasteiger partial charge in [0.1, 0.15) is 5.69 Å². The highest BCUT2D eigenvalue weighted by Gasteiger charge is 2.17. The number of alkyl halides is 2. The van der Waals surface area contributed by atoms with Crippen LogP contribution in [0.15, 0.2) is 6.07 Å². The van der Waals surface area contributed by atoms with E-state index in [-0.39, 0.29) is 5.69 Å². The fraction of sp³-hybridized carbons (Fsp3) is 0.500. The number of halogens is 2. The number of hydrogen-bond donors (Lipinski definition) is 1. The van der Waals surface area contributed by atoms with Crippen LogP contribution < -0.4 is 0 Å². The molecule has 0 saturated carbocycles. The van der Waals surface area contributed by atoms with Crippen LogP contribution in [-0.4, -0.2) is 20.9 Å². The molecular weight excluding hydrogens is 194 g/mol. The first kappa shape index (κ1) is 12.5. The van der Waals surface area contributed by atoms with Gasteiger partial charge in [0.05, 0.1) is 0 Å². The third kappa shape index (κ3) is 2.79. The highest BCUT2D eigenvalue weighted by molar-refractivity contribution is 5.85. The quantitative estimate of drug-likeness (QED) is 0.805. The molecule has 0 unspecified atom stereocenters. The monoisotopic (exact) mass is 206 g/mol. The van der Waals surface area contributed by atoms with Gasteiger partial charge in [0.2, 0.25) is 0 Å². The minimum atomic E-state index is -2.70. The molecule has 4 nitrogen and oxygen atoms in total. The standard InChI is InChI=1S/C6H6F2N2O2.C2H6/c1-10-4(5(7)8)2-3(9-10)6(11)12;1-2/h2,5H,1H3,(H,11,12);1-2H3. The summed E-state index contributed by atoms with van der Waals surface area (Å²) in [4.78, 5) is 10.3. The number of aryl methyl sites for hydroxylation is 1. The van der Waals surface area contributed by atoms with Crippen molar-refractivity contribution in [2.24, 2.45) is 7.05 Å². The van der Waals surface area contributed by atoms with Crippen LogP contribution in [0.4, 0.5) is 8.78 Å².